The van der Waals surface area contributed by atoms with Gasteiger partial charge in [-0.3, -0.25) is 14.3 Å². The Morgan fingerprint density at radius 2 is 2.09 bits per heavy atom. The van der Waals surface area contributed by atoms with Crippen LogP contribution in [-0.4, -0.2) is 40.2 Å². The van der Waals surface area contributed by atoms with Gasteiger partial charge in [0.1, 0.15) is 5.00 Å². The van der Waals surface area contributed by atoms with Crippen LogP contribution in [0.25, 0.3) is 0 Å². The van der Waals surface area contributed by atoms with Gasteiger partial charge in [-0.1, -0.05) is 0 Å². The highest BCUT2D eigenvalue weighted by atomic mass is 32.1. The van der Waals surface area contributed by atoms with E-state index in [-0.39, 0.29) is 23.8 Å². The predicted molar refractivity (Wildman–Crippen MR) is 124 cm³/mol. The molecule has 168 valence electrons. The third-order valence-corrected chi connectivity index (χ3v) is 7.48. The van der Waals surface area contributed by atoms with Gasteiger partial charge in [-0.05, 0) is 63.4 Å². The number of aromatic nitrogens is 2. The molecular weight excluding hydrogens is 424 g/mol. The third-order valence-electron chi connectivity index (χ3n) is 6.28. The number of hydrogen-bond acceptors (Lipinski definition) is 6. The fourth-order valence-corrected chi connectivity index (χ4v) is 5.32. The van der Waals surface area contributed by atoms with Crippen molar-refractivity contribution in [1.82, 2.24) is 15.1 Å². The molecule has 32 heavy (non-hydrogen) atoms. The molecule has 2 aromatic rings. The zero-order valence-electron chi connectivity index (χ0n) is 18.5. The Morgan fingerprint density at radius 3 is 2.78 bits per heavy atom. The molecule has 1 atom stereocenters. The quantitative estimate of drug-likeness (QED) is 0.627. The van der Waals surface area contributed by atoms with Crippen molar-refractivity contribution in [3.63, 3.8) is 0 Å². The Balaban J connectivity index is 1.37. The molecule has 0 spiro atoms. The van der Waals surface area contributed by atoms with Gasteiger partial charge in [-0.2, -0.15) is 10.1 Å². The fourth-order valence-electron chi connectivity index (χ4n) is 4.07. The van der Waals surface area contributed by atoms with E-state index < -0.39 is 0 Å². The van der Waals surface area contributed by atoms with Crippen molar-refractivity contribution in [3.8, 4) is 0 Å². The Bertz CT molecular complexity index is 1120. The smallest absolute Gasteiger partial charge is 0.254 e. The number of carbonyl (C=O) groups excluding carboxylic acids is 2. The summed E-state index contributed by atoms with van der Waals surface area (Å²) < 4.78 is 1.70. The number of aliphatic imine (C=N–C) groups is 2. The molecule has 2 amide bonds. The zero-order chi connectivity index (χ0) is 22.2. The second-order valence-electron chi connectivity index (χ2n) is 9.13. The Labute approximate surface area is 191 Å². The molecule has 0 saturated heterocycles. The highest BCUT2D eigenvalue weighted by Crippen LogP contribution is 2.40. The number of amides is 2. The SMILES string of the molecule is Cc1cc(N=C=N[C@H]2CCc3sc(NC(=O)C4CC4)c(C(=O)NCC4CC4)c3C2)n(C)n1. The highest BCUT2D eigenvalue weighted by molar-refractivity contribution is 7.17. The lowest BCUT2D eigenvalue weighted by molar-refractivity contribution is -0.117. The number of thiophene rings is 1. The van der Waals surface area contributed by atoms with E-state index in [0.29, 0.717) is 35.3 Å². The maximum atomic E-state index is 13.1. The van der Waals surface area contributed by atoms with Crippen molar-refractivity contribution in [3.05, 3.63) is 27.8 Å². The molecule has 9 heteroatoms. The monoisotopic (exact) mass is 452 g/mol. The zero-order valence-corrected chi connectivity index (χ0v) is 19.3. The number of rotatable bonds is 7. The van der Waals surface area contributed by atoms with Gasteiger partial charge in [0.05, 0.1) is 23.3 Å². The summed E-state index contributed by atoms with van der Waals surface area (Å²) >= 11 is 1.55. The van der Waals surface area contributed by atoms with Gasteiger partial charge in [0.15, 0.2) is 5.82 Å². The summed E-state index contributed by atoms with van der Waals surface area (Å²) in [5.74, 6) is 1.36. The van der Waals surface area contributed by atoms with Gasteiger partial charge < -0.3 is 10.6 Å². The summed E-state index contributed by atoms with van der Waals surface area (Å²) in [4.78, 5) is 35.6. The minimum Gasteiger partial charge on any atom is -0.352 e. The van der Waals surface area contributed by atoms with Crippen molar-refractivity contribution < 1.29 is 9.59 Å². The molecule has 2 heterocycles. The van der Waals surface area contributed by atoms with Crippen LogP contribution >= 0.6 is 11.3 Å². The predicted octanol–water partition coefficient (Wildman–Crippen LogP) is 3.64. The number of hydrogen-bond donors (Lipinski definition) is 2. The fraction of sp³-hybridized carbons (Fsp3) is 0.565. The summed E-state index contributed by atoms with van der Waals surface area (Å²) in [6.07, 6.45) is 6.60. The Hall–Kier alpha value is -2.77. The molecule has 3 aliphatic rings. The van der Waals surface area contributed by atoms with Gasteiger partial charge >= 0.3 is 0 Å². The lowest BCUT2D eigenvalue weighted by atomic mass is 9.91. The number of nitrogens with one attached hydrogen (secondary N) is 2. The lowest BCUT2D eigenvalue weighted by Gasteiger charge is -2.18. The standard InChI is InChI=1S/C23H28N6O2S/c1-13-9-19(29(2)28-13)26-12-25-16-7-8-18-17(10-16)20(22(31)24-11-14-3-4-14)23(32-18)27-21(30)15-5-6-15/h9,14-16H,3-8,10-11H2,1-2H3,(H,24,31)(H,27,30)/t16-/m0/s1. The minimum absolute atomic E-state index is 0.0112. The maximum Gasteiger partial charge on any atom is 0.254 e. The molecule has 0 bridgehead atoms. The van der Waals surface area contributed by atoms with E-state index in [0.717, 1.165) is 36.9 Å². The van der Waals surface area contributed by atoms with Crippen LogP contribution in [0.1, 0.15) is 58.6 Å². The van der Waals surface area contributed by atoms with Crippen LogP contribution in [0.15, 0.2) is 16.1 Å². The summed E-state index contributed by atoms with van der Waals surface area (Å²) in [5.41, 5.74) is 2.56. The number of carbonyl (C=O) groups is 2. The van der Waals surface area contributed by atoms with E-state index >= 15 is 0 Å². The van der Waals surface area contributed by atoms with Crippen LogP contribution in [0, 0.1) is 18.8 Å². The molecule has 0 unspecified atom stereocenters. The normalized spacial score (nSPS) is 19.6. The summed E-state index contributed by atoms with van der Waals surface area (Å²) in [5, 5.41) is 11.1. The van der Waals surface area contributed by atoms with Crippen molar-refractivity contribution in [1.29, 1.82) is 0 Å². The summed E-state index contributed by atoms with van der Waals surface area (Å²) in [6, 6.07) is 4.74. The average Bonchev–Trinajstić information content (AvgIpc) is 3.67. The lowest BCUT2D eigenvalue weighted by Crippen LogP contribution is -2.28. The number of nitrogens with zero attached hydrogens (tertiary/aromatic N) is 4. The highest BCUT2D eigenvalue weighted by Gasteiger charge is 2.34. The van der Waals surface area contributed by atoms with Gasteiger partial charge in [0, 0.05) is 30.5 Å². The van der Waals surface area contributed by atoms with Gasteiger partial charge in [-0.25, -0.2) is 4.99 Å². The molecule has 0 aliphatic heterocycles. The summed E-state index contributed by atoms with van der Waals surface area (Å²) in [7, 11) is 1.84. The van der Waals surface area contributed by atoms with E-state index in [9.17, 15) is 9.59 Å². The van der Waals surface area contributed by atoms with E-state index in [1.807, 2.05) is 20.0 Å². The molecule has 0 aromatic carbocycles. The molecule has 5 rings (SSSR count). The first kappa shape index (κ1) is 21.1. The Kier molecular flexibility index (Phi) is 5.69. The van der Waals surface area contributed by atoms with Crippen molar-refractivity contribution in [2.24, 2.45) is 28.9 Å². The molecule has 8 nitrogen and oxygen atoms in total. The topological polar surface area (TPSA) is 101 Å². The Morgan fingerprint density at radius 1 is 1.28 bits per heavy atom. The second kappa shape index (κ2) is 8.64. The second-order valence-corrected chi connectivity index (χ2v) is 10.2. The largest absolute Gasteiger partial charge is 0.352 e. The molecular formula is C23H28N6O2S. The number of fused-ring (bicyclic) bond motifs is 1. The van der Waals surface area contributed by atoms with E-state index in [4.69, 9.17) is 0 Å². The first-order chi connectivity index (χ1) is 15.5. The van der Waals surface area contributed by atoms with Crippen LogP contribution in [0.5, 0.6) is 0 Å². The average molecular weight is 453 g/mol. The van der Waals surface area contributed by atoms with Gasteiger partial charge in [-0.15, -0.1) is 11.3 Å². The first-order valence-corrected chi connectivity index (χ1v) is 12.2. The van der Waals surface area contributed by atoms with E-state index in [1.54, 1.807) is 16.0 Å². The van der Waals surface area contributed by atoms with Crippen LogP contribution in [-0.2, 0) is 24.7 Å². The van der Waals surface area contributed by atoms with E-state index in [1.165, 1.54) is 17.7 Å². The first-order valence-electron chi connectivity index (χ1n) is 11.4. The van der Waals surface area contributed by atoms with E-state index in [2.05, 4.69) is 31.7 Å². The minimum atomic E-state index is -0.0795. The molecule has 2 fully saturated rings. The molecule has 2 saturated carbocycles. The molecule has 2 N–H and O–H groups in total. The molecule has 0 radical (unpaired) electrons. The van der Waals surface area contributed by atoms with Crippen molar-refractivity contribution in [2.75, 3.05) is 11.9 Å². The summed E-state index contributed by atoms with van der Waals surface area (Å²) in [6.45, 7) is 2.63. The van der Waals surface area contributed by atoms with Crippen LogP contribution in [0.2, 0.25) is 0 Å². The molecule has 2 aromatic heterocycles. The third kappa shape index (κ3) is 4.69. The number of aryl methyl sites for hydroxylation is 3. The van der Waals surface area contributed by atoms with Crippen molar-refractivity contribution >= 4 is 40.0 Å². The van der Waals surface area contributed by atoms with Gasteiger partial charge in [0.25, 0.3) is 5.91 Å². The van der Waals surface area contributed by atoms with Crippen molar-refractivity contribution in [2.45, 2.75) is 57.9 Å². The van der Waals surface area contributed by atoms with Crippen LogP contribution in [0.4, 0.5) is 10.8 Å². The van der Waals surface area contributed by atoms with Gasteiger partial charge in [0.2, 0.25) is 5.91 Å². The van der Waals surface area contributed by atoms with Crippen LogP contribution < -0.4 is 10.6 Å². The van der Waals surface area contributed by atoms with Crippen LogP contribution in [0.3, 0.4) is 0 Å². The maximum absolute atomic E-state index is 13.1. The number of anilines is 1. The molecule has 3 aliphatic carbocycles.